The number of nitrogen functional groups attached to an aromatic ring is 1. The van der Waals surface area contributed by atoms with Gasteiger partial charge in [-0.15, -0.1) is 0 Å². The number of methoxy groups -OCH3 is 2. The molecule has 1 aromatic heterocycles. The standard InChI is InChI=1S/C15H23N5O2/c1-20(6-4-5-16)9-14-18-11-8-13(22-3)12(21-2)7-10(11)15(17)19-14/h7-8H,4-6,9,16H2,1-3H3,(H2,17,18,19). The first-order chi connectivity index (χ1) is 10.6. The zero-order valence-corrected chi connectivity index (χ0v) is 13.3. The van der Waals surface area contributed by atoms with Crippen molar-refractivity contribution < 1.29 is 9.47 Å². The highest BCUT2D eigenvalue weighted by Gasteiger charge is 2.12. The number of hydrogen-bond donors (Lipinski definition) is 2. The third-order valence-electron chi connectivity index (χ3n) is 3.43. The summed E-state index contributed by atoms with van der Waals surface area (Å²) in [7, 11) is 5.19. The summed E-state index contributed by atoms with van der Waals surface area (Å²) in [6.45, 7) is 2.18. The van der Waals surface area contributed by atoms with Crippen molar-refractivity contribution in [1.82, 2.24) is 14.9 Å². The normalized spacial score (nSPS) is 11.1. The van der Waals surface area contributed by atoms with Crippen molar-refractivity contribution in [2.75, 3.05) is 40.1 Å². The number of aromatic nitrogens is 2. The van der Waals surface area contributed by atoms with E-state index < -0.39 is 0 Å². The lowest BCUT2D eigenvalue weighted by molar-refractivity contribution is 0.316. The molecule has 0 amide bonds. The van der Waals surface area contributed by atoms with Crippen LogP contribution >= 0.6 is 0 Å². The van der Waals surface area contributed by atoms with Crippen molar-refractivity contribution in [3.63, 3.8) is 0 Å². The molecule has 0 aliphatic carbocycles. The van der Waals surface area contributed by atoms with Crippen molar-refractivity contribution in [3.05, 3.63) is 18.0 Å². The summed E-state index contributed by atoms with van der Waals surface area (Å²) in [4.78, 5) is 11.1. The van der Waals surface area contributed by atoms with Gasteiger partial charge in [0.25, 0.3) is 0 Å². The fourth-order valence-electron chi connectivity index (χ4n) is 2.28. The second-order valence-corrected chi connectivity index (χ2v) is 5.13. The van der Waals surface area contributed by atoms with Crippen LogP contribution in [0, 0.1) is 0 Å². The first-order valence-corrected chi connectivity index (χ1v) is 7.15. The Morgan fingerprint density at radius 1 is 1.14 bits per heavy atom. The molecule has 2 aromatic rings. The van der Waals surface area contributed by atoms with Gasteiger partial charge in [-0.2, -0.15) is 0 Å². The molecule has 7 heteroatoms. The van der Waals surface area contributed by atoms with Gasteiger partial charge in [0.2, 0.25) is 0 Å². The molecule has 4 N–H and O–H groups in total. The van der Waals surface area contributed by atoms with Crippen molar-refractivity contribution in [1.29, 1.82) is 0 Å². The van der Waals surface area contributed by atoms with E-state index in [-0.39, 0.29) is 0 Å². The number of nitrogens with two attached hydrogens (primary N) is 2. The average Bonchev–Trinajstić information content (AvgIpc) is 2.51. The van der Waals surface area contributed by atoms with Gasteiger partial charge < -0.3 is 20.9 Å². The topological polar surface area (TPSA) is 99.5 Å². The lowest BCUT2D eigenvalue weighted by Gasteiger charge is -2.16. The van der Waals surface area contributed by atoms with Crippen molar-refractivity contribution in [2.24, 2.45) is 5.73 Å². The van der Waals surface area contributed by atoms with Crippen LogP contribution in [0.15, 0.2) is 12.1 Å². The number of benzene rings is 1. The molecule has 0 fully saturated rings. The minimum Gasteiger partial charge on any atom is -0.493 e. The summed E-state index contributed by atoms with van der Waals surface area (Å²) in [6, 6.07) is 3.61. The Kier molecular flexibility index (Phi) is 5.35. The van der Waals surface area contributed by atoms with Gasteiger partial charge in [-0.05, 0) is 32.6 Å². The lowest BCUT2D eigenvalue weighted by atomic mass is 10.2. The largest absolute Gasteiger partial charge is 0.493 e. The summed E-state index contributed by atoms with van der Waals surface area (Å²) in [5.74, 6) is 2.35. The summed E-state index contributed by atoms with van der Waals surface area (Å²) >= 11 is 0. The van der Waals surface area contributed by atoms with E-state index in [1.807, 2.05) is 13.1 Å². The summed E-state index contributed by atoms with van der Waals surface area (Å²) in [5.41, 5.74) is 12.3. The molecule has 7 nitrogen and oxygen atoms in total. The highest BCUT2D eigenvalue weighted by atomic mass is 16.5. The highest BCUT2D eigenvalue weighted by Crippen LogP contribution is 2.33. The molecule has 0 saturated heterocycles. The third kappa shape index (κ3) is 3.55. The van der Waals surface area contributed by atoms with Crippen LogP contribution in [-0.4, -0.2) is 49.2 Å². The number of ether oxygens (including phenoxy) is 2. The molecular weight excluding hydrogens is 282 g/mol. The molecule has 0 atom stereocenters. The molecule has 0 saturated carbocycles. The van der Waals surface area contributed by atoms with E-state index in [9.17, 15) is 0 Å². The molecule has 0 aliphatic rings. The molecule has 22 heavy (non-hydrogen) atoms. The minimum absolute atomic E-state index is 0.438. The predicted octanol–water partition coefficient (Wildman–Crippen LogP) is 1.01. The third-order valence-corrected chi connectivity index (χ3v) is 3.43. The Hall–Kier alpha value is -2.12. The predicted molar refractivity (Wildman–Crippen MR) is 87.1 cm³/mol. The maximum atomic E-state index is 6.06. The Labute approximate surface area is 130 Å². The molecule has 1 aromatic carbocycles. The lowest BCUT2D eigenvalue weighted by Crippen LogP contribution is -2.22. The molecule has 0 unspecified atom stereocenters. The number of anilines is 1. The van der Waals surface area contributed by atoms with E-state index in [2.05, 4.69) is 14.9 Å². The zero-order valence-electron chi connectivity index (χ0n) is 13.3. The maximum absolute atomic E-state index is 6.06. The van der Waals surface area contributed by atoms with Crippen LogP contribution in [0.5, 0.6) is 11.5 Å². The highest BCUT2D eigenvalue weighted by molar-refractivity contribution is 5.90. The van der Waals surface area contributed by atoms with Gasteiger partial charge in [0, 0.05) is 11.5 Å². The van der Waals surface area contributed by atoms with Crippen molar-refractivity contribution in [3.8, 4) is 11.5 Å². The first-order valence-electron chi connectivity index (χ1n) is 7.15. The van der Waals surface area contributed by atoms with Gasteiger partial charge in [0.15, 0.2) is 11.5 Å². The molecule has 1 heterocycles. The van der Waals surface area contributed by atoms with Gasteiger partial charge in [-0.3, -0.25) is 4.90 Å². The van der Waals surface area contributed by atoms with Gasteiger partial charge in [-0.1, -0.05) is 0 Å². The van der Waals surface area contributed by atoms with Crippen LogP contribution in [0.25, 0.3) is 10.9 Å². The molecule has 0 radical (unpaired) electrons. The van der Waals surface area contributed by atoms with Crippen LogP contribution < -0.4 is 20.9 Å². The quantitative estimate of drug-likeness (QED) is 0.787. The van der Waals surface area contributed by atoms with E-state index in [0.29, 0.717) is 36.2 Å². The van der Waals surface area contributed by atoms with Crippen molar-refractivity contribution >= 4 is 16.7 Å². The summed E-state index contributed by atoms with van der Waals surface area (Å²) in [5, 5.41) is 0.756. The van der Waals surface area contributed by atoms with Crippen LogP contribution in [0.4, 0.5) is 5.82 Å². The van der Waals surface area contributed by atoms with Crippen molar-refractivity contribution in [2.45, 2.75) is 13.0 Å². The monoisotopic (exact) mass is 305 g/mol. The Morgan fingerprint density at radius 2 is 1.82 bits per heavy atom. The molecular formula is C15H23N5O2. The van der Waals surface area contributed by atoms with Gasteiger partial charge in [0.05, 0.1) is 26.3 Å². The molecule has 0 spiro atoms. The van der Waals surface area contributed by atoms with E-state index in [1.54, 1.807) is 20.3 Å². The fraction of sp³-hybridized carbons (Fsp3) is 0.467. The Morgan fingerprint density at radius 3 is 2.45 bits per heavy atom. The fourth-order valence-corrected chi connectivity index (χ4v) is 2.28. The molecule has 0 aliphatic heterocycles. The van der Waals surface area contributed by atoms with Crippen LogP contribution in [0.2, 0.25) is 0 Å². The zero-order chi connectivity index (χ0) is 16.1. The maximum Gasteiger partial charge on any atom is 0.162 e. The van der Waals surface area contributed by atoms with Crippen LogP contribution in [0.3, 0.4) is 0 Å². The average molecular weight is 305 g/mol. The van der Waals surface area contributed by atoms with E-state index in [0.717, 1.165) is 23.9 Å². The SMILES string of the molecule is COc1cc2nc(CN(C)CCCN)nc(N)c2cc1OC. The van der Waals surface area contributed by atoms with Gasteiger partial charge >= 0.3 is 0 Å². The molecule has 2 rings (SSSR count). The Bertz CT molecular complexity index is 647. The van der Waals surface area contributed by atoms with Crippen LogP contribution in [-0.2, 0) is 6.54 Å². The number of hydrogen-bond acceptors (Lipinski definition) is 7. The second kappa shape index (κ2) is 7.24. The van der Waals surface area contributed by atoms with Gasteiger partial charge in [0.1, 0.15) is 11.6 Å². The second-order valence-electron chi connectivity index (χ2n) is 5.13. The first kappa shape index (κ1) is 16.3. The number of nitrogens with zero attached hydrogens (tertiary/aromatic N) is 3. The minimum atomic E-state index is 0.438. The number of fused-ring (bicyclic) bond motifs is 1. The van der Waals surface area contributed by atoms with Crippen LogP contribution in [0.1, 0.15) is 12.2 Å². The van der Waals surface area contributed by atoms with E-state index in [1.165, 1.54) is 0 Å². The Balaban J connectivity index is 2.35. The molecule has 0 bridgehead atoms. The van der Waals surface area contributed by atoms with E-state index >= 15 is 0 Å². The van der Waals surface area contributed by atoms with Gasteiger partial charge in [-0.25, -0.2) is 9.97 Å². The smallest absolute Gasteiger partial charge is 0.162 e. The van der Waals surface area contributed by atoms with E-state index in [4.69, 9.17) is 20.9 Å². The molecule has 120 valence electrons. The summed E-state index contributed by atoms with van der Waals surface area (Å²) in [6.07, 6.45) is 0.935. The number of rotatable bonds is 7. The summed E-state index contributed by atoms with van der Waals surface area (Å²) < 4.78 is 10.6.